The van der Waals surface area contributed by atoms with Crippen LogP contribution in [0.5, 0.6) is 5.75 Å². The van der Waals surface area contributed by atoms with Gasteiger partial charge in [-0.1, -0.05) is 29.8 Å². The molecule has 1 saturated heterocycles. The second kappa shape index (κ2) is 10.0. The number of allylic oxidation sites excluding steroid dienone is 1. The van der Waals surface area contributed by atoms with Crippen LogP contribution in [0.4, 0.5) is 15.9 Å². The molecule has 0 atom stereocenters. The summed E-state index contributed by atoms with van der Waals surface area (Å²) in [5, 5.41) is 3.83. The first-order valence-corrected chi connectivity index (χ1v) is 10.1. The summed E-state index contributed by atoms with van der Waals surface area (Å²) in [7, 11) is 3.73. The molecule has 0 spiro atoms. The Kier molecular flexibility index (Phi) is 7.43. The molecule has 0 saturated carbocycles. The number of ether oxygens (including phenoxy) is 1. The molecule has 0 radical (unpaired) electrons. The summed E-state index contributed by atoms with van der Waals surface area (Å²) in [5.41, 5.74) is 2.00. The van der Waals surface area contributed by atoms with E-state index in [4.69, 9.17) is 32.7 Å². The smallest absolute Gasteiger partial charge is 0.166 e. The number of rotatable bonds is 5. The third kappa shape index (κ3) is 4.95. The van der Waals surface area contributed by atoms with Gasteiger partial charge in [0.15, 0.2) is 5.82 Å². The van der Waals surface area contributed by atoms with E-state index in [-0.39, 0.29) is 15.7 Å². The van der Waals surface area contributed by atoms with Crippen molar-refractivity contribution in [1.29, 1.82) is 0 Å². The number of likely N-dealkylation sites (N-methyl/N-ethyl adjacent to an activating group) is 1. The fourth-order valence-corrected chi connectivity index (χ4v) is 3.65. The van der Waals surface area contributed by atoms with Crippen LogP contribution >= 0.6 is 23.2 Å². The van der Waals surface area contributed by atoms with Crippen LogP contribution in [0.1, 0.15) is 11.5 Å². The van der Waals surface area contributed by atoms with Crippen LogP contribution in [0.15, 0.2) is 43.2 Å². The van der Waals surface area contributed by atoms with Crippen molar-refractivity contribution in [1.82, 2.24) is 14.9 Å². The van der Waals surface area contributed by atoms with Crippen molar-refractivity contribution in [3.8, 4) is 5.75 Å². The first-order valence-electron chi connectivity index (χ1n) is 9.37. The van der Waals surface area contributed by atoms with Crippen LogP contribution in [0.25, 0.3) is 10.9 Å². The predicted molar refractivity (Wildman–Crippen MR) is 122 cm³/mol. The van der Waals surface area contributed by atoms with Gasteiger partial charge in [0.2, 0.25) is 0 Å². The molecule has 0 unspecified atom stereocenters. The molecule has 4 rings (SSSR count). The highest BCUT2D eigenvalue weighted by Gasteiger charge is 2.28. The number of nitrogens with one attached hydrogen (secondary N) is 1. The molecule has 1 N–H and O–H groups in total. The molecule has 1 aromatic heterocycles. The quantitative estimate of drug-likeness (QED) is 0.318. The number of benzene rings is 2. The Labute approximate surface area is 189 Å². The minimum absolute atomic E-state index is 0.125. The van der Waals surface area contributed by atoms with Gasteiger partial charge < -0.3 is 15.0 Å². The van der Waals surface area contributed by atoms with E-state index in [1.807, 2.05) is 12.1 Å². The summed E-state index contributed by atoms with van der Waals surface area (Å²) in [4.78, 5) is 19.9. The Hall–Kier alpha value is -2.74. The summed E-state index contributed by atoms with van der Waals surface area (Å²) in [5.74, 6) is 1.05. The minimum Gasteiger partial charge on any atom is -0.496 e. The lowest BCUT2D eigenvalue weighted by Crippen LogP contribution is -2.41. The first-order chi connectivity index (χ1) is 14.9. The second-order valence-corrected chi connectivity index (χ2v) is 7.76. The van der Waals surface area contributed by atoms with Crippen LogP contribution in [-0.4, -0.2) is 48.4 Å². The lowest BCUT2D eigenvalue weighted by molar-refractivity contribution is -0.104. The Morgan fingerprint density at radius 2 is 2.00 bits per heavy atom. The average Bonchev–Trinajstić information content (AvgIpc) is 2.76. The van der Waals surface area contributed by atoms with Crippen molar-refractivity contribution in [2.75, 3.05) is 32.6 Å². The molecule has 0 bridgehead atoms. The maximum Gasteiger partial charge on any atom is 0.166 e. The number of hydrogen-bond donors (Lipinski definition) is 1. The largest absolute Gasteiger partial charge is 0.496 e. The number of hydrogen-bond acceptors (Lipinski definition) is 6. The van der Waals surface area contributed by atoms with Gasteiger partial charge in [-0.2, -0.15) is 0 Å². The number of anilines is 2. The van der Waals surface area contributed by atoms with Gasteiger partial charge in [0, 0.05) is 36.0 Å². The number of nitrogens with zero attached hydrogens (tertiary/aromatic N) is 3. The Balaban J connectivity index is 0.000000628. The third-order valence-corrected chi connectivity index (χ3v) is 5.66. The van der Waals surface area contributed by atoms with Gasteiger partial charge in [-0.3, -0.25) is 4.79 Å². The van der Waals surface area contributed by atoms with Crippen molar-refractivity contribution in [2.45, 2.75) is 5.92 Å². The third-order valence-electron chi connectivity index (χ3n) is 4.88. The highest BCUT2D eigenvalue weighted by Crippen LogP contribution is 2.38. The molecular formula is C22H21Cl2FN4O2. The Morgan fingerprint density at radius 3 is 2.61 bits per heavy atom. The minimum atomic E-state index is -0.620. The number of aldehydes is 1. The molecule has 2 aromatic carbocycles. The van der Waals surface area contributed by atoms with Crippen LogP contribution in [-0.2, 0) is 4.79 Å². The van der Waals surface area contributed by atoms with Crippen molar-refractivity contribution in [3.63, 3.8) is 0 Å². The molecule has 9 heteroatoms. The molecule has 0 aliphatic carbocycles. The van der Waals surface area contributed by atoms with Crippen molar-refractivity contribution in [3.05, 3.63) is 64.7 Å². The molecule has 1 aliphatic rings. The van der Waals surface area contributed by atoms with Crippen LogP contribution in [0, 0.1) is 5.82 Å². The summed E-state index contributed by atoms with van der Waals surface area (Å²) >= 11 is 11.8. The van der Waals surface area contributed by atoms with Crippen molar-refractivity contribution >= 4 is 51.9 Å². The molecule has 6 nitrogen and oxygen atoms in total. The number of halogens is 3. The summed E-state index contributed by atoms with van der Waals surface area (Å²) in [6, 6.07) is 6.98. The zero-order valence-electron chi connectivity index (χ0n) is 17.0. The summed E-state index contributed by atoms with van der Waals surface area (Å²) in [6.45, 7) is 5.03. The van der Waals surface area contributed by atoms with Gasteiger partial charge in [-0.25, -0.2) is 14.4 Å². The Bertz CT molecular complexity index is 1110. The molecule has 1 fully saturated rings. The zero-order chi connectivity index (χ0) is 22.5. The van der Waals surface area contributed by atoms with E-state index in [0.717, 1.165) is 29.8 Å². The molecule has 1 aliphatic heterocycles. The fourth-order valence-electron chi connectivity index (χ4n) is 3.34. The van der Waals surface area contributed by atoms with E-state index >= 15 is 0 Å². The first kappa shape index (κ1) is 22.9. The lowest BCUT2D eigenvalue weighted by atomic mass is 9.90. The van der Waals surface area contributed by atoms with Gasteiger partial charge >= 0.3 is 0 Å². The normalized spacial score (nSPS) is 13.7. The number of aromatic nitrogens is 2. The number of carbonyl (C=O) groups is 1. The lowest BCUT2D eigenvalue weighted by Gasteiger charge is -2.37. The summed E-state index contributed by atoms with van der Waals surface area (Å²) < 4.78 is 20.0. The number of methoxy groups -OCH3 is 1. The van der Waals surface area contributed by atoms with E-state index in [1.54, 1.807) is 7.11 Å². The molecule has 31 heavy (non-hydrogen) atoms. The Morgan fingerprint density at radius 1 is 1.29 bits per heavy atom. The van der Waals surface area contributed by atoms with Gasteiger partial charge in [-0.15, -0.1) is 0 Å². The topological polar surface area (TPSA) is 67.3 Å². The van der Waals surface area contributed by atoms with Crippen LogP contribution in [0.2, 0.25) is 10.0 Å². The van der Waals surface area contributed by atoms with Gasteiger partial charge in [0.25, 0.3) is 0 Å². The van der Waals surface area contributed by atoms with Crippen LogP contribution < -0.4 is 10.1 Å². The standard InChI is InChI=1S/C19H17Cl2FN4O.C3H4O/c1-26-7-10(8-26)11-5-12-15(6-16(11)27-2)23-9-24-19(12)25-14-4-3-13(20)17(21)18(14)22;1-2-3-4/h3-6,9-10H,7-8H2,1-2H3,(H,23,24,25);2-3H,1H2. The predicted octanol–water partition coefficient (Wildman–Crippen LogP) is 5.23. The molecule has 0 amide bonds. The monoisotopic (exact) mass is 462 g/mol. The van der Waals surface area contributed by atoms with Crippen molar-refractivity contribution in [2.24, 2.45) is 0 Å². The average molecular weight is 463 g/mol. The highest BCUT2D eigenvalue weighted by molar-refractivity contribution is 6.42. The zero-order valence-corrected chi connectivity index (χ0v) is 18.5. The van der Waals surface area contributed by atoms with Gasteiger partial charge in [0.05, 0.1) is 28.4 Å². The molecule has 3 aromatic rings. The number of carbonyl (C=O) groups excluding carboxylic acids is 1. The van der Waals surface area contributed by atoms with E-state index in [2.05, 4.69) is 33.8 Å². The maximum absolute atomic E-state index is 14.4. The van der Waals surface area contributed by atoms with Gasteiger partial charge in [-0.05, 0) is 31.3 Å². The summed E-state index contributed by atoms with van der Waals surface area (Å²) in [6.07, 6.45) is 3.26. The van der Waals surface area contributed by atoms with E-state index in [9.17, 15) is 4.39 Å². The maximum atomic E-state index is 14.4. The molecule has 2 heterocycles. The van der Waals surface area contributed by atoms with E-state index < -0.39 is 5.82 Å². The molecule has 162 valence electrons. The van der Waals surface area contributed by atoms with Crippen molar-refractivity contribution < 1.29 is 13.9 Å². The SMILES string of the molecule is C=CC=O.COc1cc2ncnc(Nc3ccc(Cl)c(Cl)c3F)c2cc1C1CN(C)C1. The van der Waals surface area contributed by atoms with Gasteiger partial charge in [0.1, 0.15) is 24.2 Å². The van der Waals surface area contributed by atoms with Crippen LogP contribution in [0.3, 0.4) is 0 Å². The number of fused-ring (bicyclic) bond motifs is 1. The number of likely N-dealkylation sites (tertiary alicyclic amines) is 1. The van der Waals surface area contributed by atoms with E-state index in [0.29, 0.717) is 23.5 Å². The highest BCUT2D eigenvalue weighted by atomic mass is 35.5. The second-order valence-electron chi connectivity index (χ2n) is 6.97. The fraction of sp³-hybridized carbons (Fsp3) is 0.227. The molecular weight excluding hydrogens is 442 g/mol. The van der Waals surface area contributed by atoms with E-state index in [1.165, 1.54) is 24.5 Å².